The molecule has 2 N–H and O–H groups in total. The van der Waals surface area contributed by atoms with Gasteiger partial charge in [0.25, 0.3) is 5.91 Å². The minimum atomic E-state index is -0.793. The predicted molar refractivity (Wildman–Crippen MR) is 103 cm³/mol. The first-order chi connectivity index (χ1) is 14.0. The summed E-state index contributed by atoms with van der Waals surface area (Å²) in [5.74, 6) is -1.61. The van der Waals surface area contributed by atoms with Gasteiger partial charge in [-0.3, -0.25) is 9.59 Å². The van der Waals surface area contributed by atoms with Crippen molar-refractivity contribution in [1.82, 2.24) is 5.32 Å². The molecule has 154 valence electrons. The van der Waals surface area contributed by atoms with Crippen molar-refractivity contribution < 1.29 is 27.8 Å². The Hall–Kier alpha value is -3.16. The van der Waals surface area contributed by atoms with Crippen molar-refractivity contribution in [2.24, 2.45) is 0 Å². The summed E-state index contributed by atoms with van der Waals surface area (Å²) >= 11 is 0. The Labute approximate surface area is 167 Å². The second-order valence-corrected chi connectivity index (χ2v) is 6.73. The number of ether oxygens (including phenoxy) is 2. The lowest BCUT2D eigenvalue weighted by molar-refractivity contribution is -0.116. The van der Waals surface area contributed by atoms with Crippen molar-refractivity contribution in [1.29, 1.82) is 0 Å². The Kier molecular flexibility index (Phi) is 6.64. The molecular weight excluding hydrogens is 382 g/mol. The van der Waals surface area contributed by atoms with Crippen molar-refractivity contribution in [3.05, 3.63) is 53.6 Å². The van der Waals surface area contributed by atoms with Gasteiger partial charge in [0.15, 0.2) is 11.6 Å². The number of carbonyl (C=O) groups is 2. The van der Waals surface area contributed by atoms with Gasteiger partial charge >= 0.3 is 0 Å². The van der Waals surface area contributed by atoms with E-state index in [9.17, 15) is 18.4 Å². The zero-order valence-corrected chi connectivity index (χ0v) is 16.0. The summed E-state index contributed by atoms with van der Waals surface area (Å²) in [6.45, 7) is 0.0909. The van der Waals surface area contributed by atoms with Gasteiger partial charge in [-0.05, 0) is 49.6 Å². The van der Waals surface area contributed by atoms with Gasteiger partial charge in [0.05, 0.1) is 25.0 Å². The van der Waals surface area contributed by atoms with Gasteiger partial charge in [-0.15, -0.1) is 0 Å². The third-order valence-electron chi connectivity index (χ3n) is 4.36. The average Bonchev–Trinajstić information content (AvgIpc) is 3.50. The Morgan fingerprint density at radius 2 is 1.93 bits per heavy atom. The Morgan fingerprint density at radius 1 is 1.14 bits per heavy atom. The van der Waals surface area contributed by atoms with Gasteiger partial charge in [-0.2, -0.15) is 0 Å². The lowest BCUT2D eigenvalue weighted by Crippen LogP contribution is -2.27. The van der Waals surface area contributed by atoms with Crippen LogP contribution >= 0.6 is 0 Å². The second-order valence-electron chi connectivity index (χ2n) is 6.73. The number of carbonyl (C=O) groups excluding carboxylic acids is 2. The first kappa shape index (κ1) is 20.6. The first-order valence-corrected chi connectivity index (χ1v) is 9.33. The van der Waals surface area contributed by atoms with Gasteiger partial charge in [0.1, 0.15) is 11.6 Å². The fourth-order valence-corrected chi connectivity index (χ4v) is 2.66. The van der Waals surface area contributed by atoms with Crippen LogP contribution in [0.1, 0.15) is 36.0 Å². The SMILES string of the molecule is COc1ccc(NC(=O)CCCOc2ccc(F)cc2F)c(C(=O)NC2CC2)c1. The van der Waals surface area contributed by atoms with Crippen LogP contribution in [0.4, 0.5) is 14.5 Å². The van der Waals surface area contributed by atoms with E-state index in [0.29, 0.717) is 23.4 Å². The van der Waals surface area contributed by atoms with Gasteiger partial charge in [-0.25, -0.2) is 8.78 Å². The molecule has 6 nitrogen and oxygen atoms in total. The summed E-state index contributed by atoms with van der Waals surface area (Å²) in [4.78, 5) is 24.7. The molecule has 0 aromatic heterocycles. The van der Waals surface area contributed by atoms with Crippen molar-refractivity contribution in [2.45, 2.75) is 31.7 Å². The number of hydrogen-bond acceptors (Lipinski definition) is 4. The fraction of sp³-hybridized carbons (Fsp3) is 0.333. The molecule has 0 radical (unpaired) electrons. The Bertz CT molecular complexity index is 900. The molecule has 29 heavy (non-hydrogen) atoms. The van der Waals surface area contributed by atoms with Gasteiger partial charge < -0.3 is 20.1 Å². The maximum atomic E-state index is 13.5. The lowest BCUT2D eigenvalue weighted by atomic mass is 10.1. The average molecular weight is 404 g/mol. The van der Waals surface area contributed by atoms with E-state index in [1.165, 1.54) is 13.2 Å². The van der Waals surface area contributed by atoms with Crippen LogP contribution in [0.2, 0.25) is 0 Å². The van der Waals surface area contributed by atoms with Crippen LogP contribution in [0.3, 0.4) is 0 Å². The number of nitrogens with one attached hydrogen (secondary N) is 2. The number of methoxy groups -OCH3 is 1. The van der Waals surface area contributed by atoms with E-state index in [1.807, 2.05) is 0 Å². The molecule has 0 unspecified atom stereocenters. The summed E-state index contributed by atoms with van der Waals surface area (Å²) in [6, 6.07) is 8.07. The monoisotopic (exact) mass is 404 g/mol. The summed E-state index contributed by atoms with van der Waals surface area (Å²) in [5.41, 5.74) is 0.716. The Balaban J connectivity index is 1.53. The highest BCUT2D eigenvalue weighted by Gasteiger charge is 2.25. The third-order valence-corrected chi connectivity index (χ3v) is 4.36. The number of hydrogen-bond donors (Lipinski definition) is 2. The molecule has 2 aromatic rings. The number of benzene rings is 2. The minimum absolute atomic E-state index is 0.0685. The van der Waals surface area contributed by atoms with Crippen LogP contribution in [0.5, 0.6) is 11.5 Å². The molecule has 1 aliphatic carbocycles. The van der Waals surface area contributed by atoms with Crippen LogP contribution in [-0.2, 0) is 4.79 Å². The number of halogens is 2. The van der Waals surface area contributed by atoms with E-state index in [0.717, 1.165) is 25.0 Å². The summed E-state index contributed by atoms with van der Waals surface area (Å²) < 4.78 is 36.8. The van der Waals surface area contributed by atoms with Crippen LogP contribution in [0.15, 0.2) is 36.4 Å². The first-order valence-electron chi connectivity index (χ1n) is 9.33. The molecule has 0 spiro atoms. The van der Waals surface area contributed by atoms with E-state index >= 15 is 0 Å². The Morgan fingerprint density at radius 3 is 2.62 bits per heavy atom. The summed E-state index contributed by atoms with van der Waals surface area (Å²) in [7, 11) is 1.50. The van der Waals surface area contributed by atoms with E-state index in [1.54, 1.807) is 18.2 Å². The number of anilines is 1. The van der Waals surface area contributed by atoms with Crippen LogP contribution in [-0.4, -0.2) is 31.6 Å². The maximum Gasteiger partial charge on any atom is 0.253 e. The molecule has 1 fully saturated rings. The van der Waals surface area contributed by atoms with Crippen molar-refractivity contribution in [3.63, 3.8) is 0 Å². The standard InChI is InChI=1S/C21H22F2N2O4/c1-28-15-7-8-18(16(12-15)21(27)24-14-5-6-14)25-20(26)3-2-10-29-19-9-4-13(22)11-17(19)23/h4,7-9,11-12,14H,2-3,5-6,10H2,1H3,(H,24,27)(H,25,26). The summed E-state index contributed by atoms with van der Waals surface area (Å²) in [6.07, 6.45) is 2.33. The number of rotatable bonds is 9. The van der Waals surface area contributed by atoms with Gasteiger partial charge in [0, 0.05) is 18.5 Å². The maximum absolute atomic E-state index is 13.5. The molecule has 0 saturated heterocycles. The molecule has 0 atom stereocenters. The fourth-order valence-electron chi connectivity index (χ4n) is 2.66. The van der Waals surface area contributed by atoms with Crippen LogP contribution in [0.25, 0.3) is 0 Å². The smallest absolute Gasteiger partial charge is 0.253 e. The molecule has 1 aliphatic rings. The minimum Gasteiger partial charge on any atom is -0.497 e. The molecule has 0 aliphatic heterocycles. The van der Waals surface area contributed by atoms with E-state index < -0.39 is 11.6 Å². The lowest BCUT2D eigenvalue weighted by Gasteiger charge is -2.13. The molecule has 2 amide bonds. The highest BCUT2D eigenvalue weighted by Crippen LogP contribution is 2.25. The molecule has 2 aromatic carbocycles. The topological polar surface area (TPSA) is 76.7 Å². The highest BCUT2D eigenvalue weighted by molar-refractivity contribution is 6.04. The van der Waals surface area contributed by atoms with Crippen molar-refractivity contribution >= 4 is 17.5 Å². The highest BCUT2D eigenvalue weighted by atomic mass is 19.1. The second kappa shape index (κ2) is 9.36. The molecular formula is C21H22F2N2O4. The van der Waals surface area contributed by atoms with Gasteiger partial charge in [-0.1, -0.05) is 0 Å². The quantitative estimate of drug-likeness (QED) is 0.626. The molecule has 0 heterocycles. The summed E-state index contributed by atoms with van der Waals surface area (Å²) in [5, 5.41) is 5.61. The van der Waals surface area contributed by atoms with Crippen molar-refractivity contribution in [3.8, 4) is 11.5 Å². The molecule has 1 saturated carbocycles. The van der Waals surface area contributed by atoms with E-state index in [4.69, 9.17) is 9.47 Å². The zero-order chi connectivity index (χ0) is 20.8. The molecule has 0 bridgehead atoms. The van der Waals surface area contributed by atoms with E-state index in [2.05, 4.69) is 10.6 Å². The van der Waals surface area contributed by atoms with Crippen LogP contribution < -0.4 is 20.1 Å². The van der Waals surface area contributed by atoms with E-state index in [-0.39, 0.29) is 36.6 Å². The van der Waals surface area contributed by atoms with Crippen molar-refractivity contribution in [2.75, 3.05) is 19.0 Å². The van der Waals surface area contributed by atoms with Gasteiger partial charge in [0.2, 0.25) is 5.91 Å². The largest absolute Gasteiger partial charge is 0.497 e. The van der Waals surface area contributed by atoms with Crippen LogP contribution in [0, 0.1) is 11.6 Å². The third kappa shape index (κ3) is 5.91. The normalized spacial score (nSPS) is 12.9. The predicted octanol–water partition coefficient (Wildman–Crippen LogP) is 3.66. The molecule has 8 heteroatoms. The molecule has 3 rings (SSSR count). The number of amides is 2. The zero-order valence-electron chi connectivity index (χ0n) is 16.0.